The first-order valence-electron chi connectivity index (χ1n) is 4.48. The second-order valence-corrected chi connectivity index (χ2v) is 3.25. The summed E-state index contributed by atoms with van der Waals surface area (Å²) >= 11 is 0. The average Bonchev–Trinajstić information content (AvgIpc) is 2.20. The molecule has 0 saturated carbocycles. The molecule has 0 heterocycles. The van der Waals surface area contributed by atoms with Gasteiger partial charge >= 0.3 is 0 Å². The third-order valence-electron chi connectivity index (χ3n) is 2.33. The van der Waals surface area contributed by atoms with Crippen LogP contribution in [0, 0.1) is 13.8 Å². The highest BCUT2D eigenvalue weighted by molar-refractivity contribution is 6.00. The molecule has 0 unspecified atom stereocenters. The van der Waals surface area contributed by atoms with Crippen molar-refractivity contribution < 1.29 is 4.74 Å². The van der Waals surface area contributed by atoms with E-state index in [1.807, 2.05) is 26.0 Å². The SMILES string of the molecule is CN=C(N)c1cc(C)c(C)cc1OC. The summed E-state index contributed by atoms with van der Waals surface area (Å²) in [5.41, 5.74) is 9.00. The predicted octanol–water partition coefficient (Wildman–Crippen LogP) is 1.65. The fourth-order valence-electron chi connectivity index (χ4n) is 1.28. The van der Waals surface area contributed by atoms with Gasteiger partial charge in [-0.3, -0.25) is 4.99 Å². The second-order valence-electron chi connectivity index (χ2n) is 3.25. The Hall–Kier alpha value is -1.51. The van der Waals surface area contributed by atoms with Crippen LogP contribution in [0.1, 0.15) is 16.7 Å². The van der Waals surface area contributed by atoms with Gasteiger partial charge < -0.3 is 10.5 Å². The van der Waals surface area contributed by atoms with Crippen molar-refractivity contribution in [3.05, 3.63) is 28.8 Å². The lowest BCUT2D eigenvalue weighted by Gasteiger charge is -2.10. The summed E-state index contributed by atoms with van der Waals surface area (Å²) in [4.78, 5) is 3.95. The standard InChI is InChI=1S/C11H16N2O/c1-7-5-9(11(12)13-3)10(14-4)6-8(7)2/h5-6H,1-4H3,(H2,12,13). The maximum atomic E-state index is 5.76. The summed E-state index contributed by atoms with van der Waals surface area (Å²) < 4.78 is 5.24. The predicted molar refractivity (Wildman–Crippen MR) is 59.1 cm³/mol. The summed E-state index contributed by atoms with van der Waals surface area (Å²) in [7, 11) is 3.31. The molecule has 0 aromatic heterocycles. The summed E-state index contributed by atoms with van der Waals surface area (Å²) in [6.07, 6.45) is 0. The number of hydrogen-bond donors (Lipinski definition) is 1. The van der Waals surface area contributed by atoms with E-state index in [9.17, 15) is 0 Å². The largest absolute Gasteiger partial charge is 0.496 e. The van der Waals surface area contributed by atoms with Crippen LogP contribution in [0.3, 0.4) is 0 Å². The molecular weight excluding hydrogens is 176 g/mol. The van der Waals surface area contributed by atoms with E-state index < -0.39 is 0 Å². The van der Waals surface area contributed by atoms with Crippen molar-refractivity contribution in [1.82, 2.24) is 0 Å². The van der Waals surface area contributed by atoms with E-state index in [-0.39, 0.29) is 0 Å². The minimum Gasteiger partial charge on any atom is -0.496 e. The van der Waals surface area contributed by atoms with E-state index in [4.69, 9.17) is 10.5 Å². The quantitative estimate of drug-likeness (QED) is 0.572. The lowest BCUT2D eigenvalue weighted by atomic mass is 10.0. The van der Waals surface area contributed by atoms with Gasteiger partial charge in [0.25, 0.3) is 0 Å². The van der Waals surface area contributed by atoms with Gasteiger partial charge in [0.05, 0.1) is 12.7 Å². The lowest BCUT2D eigenvalue weighted by molar-refractivity contribution is 0.413. The maximum Gasteiger partial charge on any atom is 0.130 e. The molecule has 1 aromatic rings. The maximum absolute atomic E-state index is 5.76. The molecule has 1 aromatic carbocycles. The zero-order valence-electron chi connectivity index (χ0n) is 9.09. The van der Waals surface area contributed by atoms with E-state index in [1.165, 1.54) is 11.1 Å². The molecule has 0 bridgehead atoms. The molecule has 0 radical (unpaired) electrons. The molecule has 3 nitrogen and oxygen atoms in total. The molecule has 1 rings (SSSR count). The first kappa shape index (κ1) is 10.6. The van der Waals surface area contributed by atoms with Crippen molar-refractivity contribution in [3.63, 3.8) is 0 Å². The lowest BCUT2D eigenvalue weighted by Crippen LogP contribution is -2.14. The zero-order chi connectivity index (χ0) is 10.7. The van der Waals surface area contributed by atoms with Crippen LogP contribution < -0.4 is 10.5 Å². The number of benzene rings is 1. The minimum absolute atomic E-state index is 0.505. The highest BCUT2D eigenvalue weighted by Crippen LogP contribution is 2.22. The van der Waals surface area contributed by atoms with Crippen LogP contribution in [-0.2, 0) is 0 Å². The van der Waals surface area contributed by atoms with Gasteiger partial charge in [-0.15, -0.1) is 0 Å². The zero-order valence-corrected chi connectivity index (χ0v) is 9.09. The molecule has 76 valence electrons. The van der Waals surface area contributed by atoms with Crippen LogP contribution in [0.25, 0.3) is 0 Å². The smallest absolute Gasteiger partial charge is 0.130 e. The van der Waals surface area contributed by atoms with Gasteiger partial charge in [0.15, 0.2) is 0 Å². The van der Waals surface area contributed by atoms with Crippen molar-refractivity contribution in [1.29, 1.82) is 0 Å². The molecule has 0 amide bonds. The van der Waals surface area contributed by atoms with Crippen LogP contribution >= 0.6 is 0 Å². The molecular formula is C11H16N2O. The van der Waals surface area contributed by atoms with Gasteiger partial charge in [0.2, 0.25) is 0 Å². The number of aliphatic imine (C=N–C) groups is 1. The van der Waals surface area contributed by atoms with Crippen molar-refractivity contribution >= 4 is 5.84 Å². The third-order valence-corrected chi connectivity index (χ3v) is 2.33. The number of rotatable bonds is 2. The van der Waals surface area contributed by atoms with Gasteiger partial charge in [0, 0.05) is 7.05 Å². The topological polar surface area (TPSA) is 47.6 Å². The van der Waals surface area contributed by atoms with Crippen molar-refractivity contribution in [2.45, 2.75) is 13.8 Å². The monoisotopic (exact) mass is 192 g/mol. The molecule has 0 fully saturated rings. The Kier molecular flexibility index (Phi) is 3.12. The van der Waals surface area contributed by atoms with Crippen molar-refractivity contribution in [3.8, 4) is 5.75 Å². The molecule has 2 N–H and O–H groups in total. The third kappa shape index (κ3) is 1.87. The van der Waals surface area contributed by atoms with Crippen LogP contribution in [-0.4, -0.2) is 20.0 Å². The number of methoxy groups -OCH3 is 1. The van der Waals surface area contributed by atoms with Crippen molar-refractivity contribution in [2.75, 3.05) is 14.2 Å². The number of hydrogen-bond acceptors (Lipinski definition) is 2. The van der Waals surface area contributed by atoms with Gasteiger partial charge in [-0.2, -0.15) is 0 Å². The van der Waals surface area contributed by atoms with Crippen LogP contribution in [0.15, 0.2) is 17.1 Å². The number of ether oxygens (including phenoxy) is 1. The molecule has 0 aliphatic heterocycles. The molecule has 3 heteroatoms. The number of nitrogens with zero attached hydrogens (tertiary/aromatic N) is 1. The average molecular weight is 192 g/mol. The highest BCUT2D eigenvalue weighted by Gasteiger charge is 2.08. The van der Waals surface area contributed by atoms with Crippen LogP contribution in [0.4, 0.5) is 0 Å². The Morgan fingerprint density at radius 2 is 1.86 bits per heavy atom. The Morgan fingerprint density at radius 1 is 1.29 bits per heavy atom. The summed E-state index contributed by atoms with van der Waals surface area (Å²) in [6.45, 7) is 4.09. The summed E-state index contributed by atoms with van der Waals surface area (Å²) in [5.74, 6) is 1.28. The first-order chi connectivity index (χ1) is 6.60. The molecule has 0 spiro atoms. The van der Waals surface area contributed by atoms with E-state index in [1.54, 1.807) is 14.2 Å². The first-order valence-corrected chi connectivity index (χ1v) is 4.48. The Bertz CT molecular complexity index is 370. The Balaban J connectivity index is 3.34. The molecule has 0 saturated heterocycles. The van der Waals surface area contributed by atoms with Gasteiger partial charge in [-0.05, 0) is 37.1 Å². The van der Waals surface area contributed by atoms with Gasteiger partial charge in [-0.25, -0.2) is 0 Å². The summed E-state index contributed by atoms with van der Waals surface area (Å²) in [6, 6.07) is 3.97. The van der Waals surface area contributed by atoms with Gasteiger partial charge in [0.1, 0.15) is 11.6 Å². The normalized spacial score (nSPS) is 11.6. The summed E-state index contributed by atoms with van der Waals surface area (Å²) in [5, 5.41) is 0. The van der Waals surface area contributed by atoms with E-state index in [2.05, 4.69) is 4.99 Å². The molecule has 0 atom stereocenters. The molecule has 0 aliphatic rings. The van der Waals surface area contributed by atoms with Crippen molar-refractivity contribution in [2.24, 2.45) is 10.7 Å². The van der Waals surface area contributed by atoms with E-state index in [0.717, 1.165) is 11.3 Å². The number of aryl methyl sites for hydroxylation is 2. The number of nitrogens with two attached hydrogens (primary N) is 1. The Labute approximate surface area is 84.6 Å². The molecule has 14 heavy (non-hydrogen) atoms. The molecule has 0 aliphatic carbocycles. The van der Waals surface area contributed by atoms with E-state index >= 15 is 0 Å². The van der Waals surface area contributed by atoms with Crippen LogP contribution in [0.5, 0.6) is 5.75 Å². The van der Waals surface area contributed by atoms with E-state index in [0.29, 0.717) is 5.84 Å². The fourth-order valence-corrected chi connectivity index (χ4v) is 1.28. The number of amidine groups is 1. The minimum atomic E-state index is 0.505. The second kappa shape index (κ2) is 4.13. The van der Waals surface area contributed by atoms with Crippen LogP contribution in [0.2, 0.25) is 0 Å². The Morgan fingerprint density at radius 3 is 2.36 bits per heavy atom. The fraction of sp³-hybridized carbons (Fsp3) is 0.364. The highest BCUT2D eigenvalue weighted by atomic mass is 16.5. The van der Waals surface area contributed by atoms with Gasteiger partial charge in [-0.1, -0.05) is 0 Å².